The van der Waals surface area contributed by atoms with Crippen LogP contribution in [-0.2, 0) is 15.6 Å². The van der Waals surface area contributed by atoms with Gasteiger partial charge in [0, 0.05) is 23.6 Å². The van der Waals surface area contributed by atoms with E-state index >= 15 is 0 Å². The molecule has 0 saturated carbocycles. The van der Waals surface area contributed by atoms with Crippen molar-refractivity contribution in [1.29, 1.82) is 0 Å². The SMILES string of the molecule is CC(C)CCCNC(=O)CS(C)=O. The lowest BCUT2D eigenvalue weighted by molar-refractivity contribution is -0.118. The van der Waals surface area contributed by atoms with Crippen molar-refractivity contribution < 1.29 is 9.00 Å². The minimum atomic E-state index is -1.02. The molecular weight excluding hydrogens is 186 g/mol. The van der Waals surface area contributed by atoms with Crippen LogP contribution >= 0.6 is 0 Å². The molecule has 0 saturated heterocycles. The molecule has 1 unspecified atom stereocenters. The summed E-state index contributed by atoms with van der Waals surface area (Å²) in [5.41, 5.74) is 0. The van der Waals surface area contributed by atoms with Gasteiger partial charge >= 0.3 is 0 Å². The van der Waals surface area contributed by atoms with Gasteiger partial charge in [-0.15, -0.1) is 0 Å². The molecule has 0 heterocycles. The fourth-order valence-electron chi connectivity index (χ4n) is 0.974. The molecule has 0 radical (unpaired) electrons. The summed E-state index contributed by atoms with van der Waals surface area (Å²) in [6.45, 7) is 5.01. The van der Waals surface area contributed by atoms with Crippen LogP contribution in [0.25, 0.3) is 0 Å². The normalized spacial score (nSPS) is 12.9. The summed E-state index contributed by atoms with van der Waals surface area (Å²) in [5.74, 6) is 0.698. The van der Waals surface area contributed by atoms with E-state index < -0.39 is 10.8 Å². The quantitative estimate of drug-likeness (QED) is 0.655. The highest BCUT2D eigenvalue weighted by atomic mass is 32.2. The Kier molecular flexibility index (Phi) is 6.86. The minimum absolute atomic E-state index is 0.107. The molecule has 0 rings (SSSR count). The van der Waals surface area contributed by atoms with E-state index in [4.69, 9.17) is 0 Å². The first-order valence-corrected chi connectivity index (χ1v) is 6.31. The van der Waals surface area contributed by atoms with E-state index in [1.165, 1.54) is 6.26 Å². The molecule has 4 heteroatoms. The second-order valence-electron chi connectivity index (χ2n) is 3.60. The maximum Gasteiger partial charge on any atom is 0.232 e. The predicted octanol–water partition coefficient (Wildman–Crippen LogP) is 0.917. The van der Waals surface area contributed by atoms with Crippen molar-refractivity contribution in [2.75, 3.05) is 18.6 Å². The number of rotatable bonds is 6. The van der Waals surface area contributed by atoms with Crippen molar-refractivity contribution in [2.45, 2.75) is 26.7 Å². The zero-order valence-electron chi connectivity index (χ0n) is 8.63. The van der Waals surface area contributed by atoms with Gasteiger partial charge in [0.2, 0.25) is 5.91 Å². The lowest BCUT2D eigenvalue weighted by atomic mass is 10.1. The largest absolute Gasteiger partial charge is 0.355 e. The lowest BCUT2D eigenvalue weighted by Crippen LogP contribution is -2.28. The van der Waals surface area contributed by atoms with E-state index in [0.29, 0.717) is 12.5 Å². The number of nitrogens with one attached hydrogen (secondary N) is 1. The molecule has 0 aromatic carbocycles. The second kappa shape index (κ2) is 7.06. The number of amides is 1. The molecule has 0 aromatic heterocycles. The number of hydrogen-bond acceptors (Lipinski definition) is 2. The molecule has 0 aliphatic heterocycles. The molecule has 0 bridgehead atoms. The molecule has 0 aromatic rings. The zero-order valence-corrected chi connectivity index (χ0v) is 9.45. The summed E-state index contributed by atoms with van der Waals surface area (Å²) in [5, 5.41) is 2.74. The van der Waals surface area contributed by atoms with Crippen molar-refractivity contribution in [3.8, 4) is 0 Å². The molecule has 13 heavy (non-hydrogen) atoms. The van der Waals surface area contributed by atoms with Gasteiger partial charge in [0.15, 0.2) is 0 Å². The van der Waals surface area contributed by atoms with Gasteiger partial charge in [-0.1, -0.05) is 13.8 Å². The standard InChI is InChI=1S/C9H19NO2S/c1-8(2)5-4-6-10-9(11)7-13(3)12/h8H,4-7H2,1-3H3,(H,10,11). The van der Waals surface area contributed by atoms with Crippen LogP contribution in [0.3, 0.4) is 0 Å². The maximum atomic E-state index is 11.0. The molecule has 78 valence electrons. The first kappa shape index (κ1) is 12.6. The van der Waals surface area contributed by atoms with E-state index in [9.17, 15) is 9.00 Å². The minimum Gasteiger partial charge on any atom is -0.355 e. The van der Waals surface area contributed by atoms with E-state index in [-0.39, 0.29) is 11.7 Å². The number of hydrogen-bond donors (Lipinski definition) is 1. The first-order valence-electron chi connectivity index (χ1n) is 4.59. The lowest BCUT2D eigenvalue weighted by Gasteiger charge is -2.05. The van der Waals surface area contributed by atoms with Crippen LogP contribution in [0.15, 0.2) is 0 Å². The molecule has 0 aliphatic rings. The summed E-state index contributed by atoms with van der Waals surface area (Å²) in [7, 11) is -1.02. The van der Waals surface area contributed by atoms with Crippen molar-refractivity contribution in [3.05, 3.63) is 0 Å². The fourth-order valence-corrected chi connectivity index (χ4v) is 1.45. The van der Waals surface area contributed by atoms with E-state index in [2.05, 4.69) is 19.2 Å². The third-order valence-corrected chi connectivity index (χ3v) is 2.28. The molecule has 1 amide bonds. The van der Waals surface area contributed by atoms with Crippen LogP contribution in [-0.4, -0.2) is 28.7 Å². The average Bonchev–Trinajstić information content (AvgIpc) is 1.96. The Morgan fingerprint density at radius 1 is 1.46 bits per heavy atom. The van der Waals surface area contributed by atoms with Crippen molar-refractivity contribution in [3.63, 3.8) is 0 Å². The molecule has 0 aliphatic carbocycles. The van der Waals surface area contributed by atoms with Crippen LogP contribution in [0.4, 0.5) is 0 Å². The average molecular weight is 205 g/mol. The van der Waals surface area contributed by atoms with Crippen LogP contribution in [0.1, 0.15) is 26.7 Å². The topological polar surface area (TPSA) is 46.2 Å². The summed E-state index contributed by atoms with van der Waals surface area (Å²) >= 11 is 0. The molecule has 1 N–H and O–H groups in total. The Morgan fingerprint density at radius 3 is 2.54 bits per heavy atom. The van der Waals surface area contributed by atoms with Crippen molar-refractivity contribution in [2.24, 2.45) is 5.92 Å². The van der Waals surface area contributed by atoms with E-state index in [1.807, 2.05) is 0 Å². The summed E-state index contributed by atoms with van der Waals surface area (Å²) in [6.07, 6.45) is 3.66. The summed E-state index contributed by atoms with van der Waals surface area (Å²) < 4.78 is 10.6. The van der Waals surface area contributed by atoms with Gasteiger partial charge < -0.3 is 5.32 Å². The Hall–Kier alpha value is -0.380. The van der Waals surface area contributed by atoms with Crippen LogP contribution in [0, 0.1) is 5.92 Å². The van der Waals surface area contributed by atoms with Gasteiger partial charge in [-0.05, 0) is 18.8 Å². The Bertz CT molecular complexity index is 180. The highest BCUT2D eigenvalue weighted by molar-refractivity contribution is 7.85. The maximum absolute atomic E-state index is 11.0. The van der Waals surface area contributed by atoms with Crippen LogP contribution < -0.4 is 5.32 Å². The Morgan fingerprint density at radius 2 is 2.08 bits per heavy atom. The van der Waals surface area contributed by atoms with Gasteiger partial charge in [0.05, 0.1) is 0 Å². The van der Waals surface area contributed by atoms with Crippen LogP contribution in [0.5, 0.6) is 0 Å². The van der Waals surface area contributed by atoms with E-state index in [0.717, 1.165) is 12.8 Å². The van der Waals surface area contributed by atoms with Gasteiger partial charge in [-0.2, -0.15) is 0 Å². The first-order chi connectivity index (χ1) is 6.02. The van der Waals surface area contributed by atoms with E-state index in [1.54, 1.807) is 0 Å². The molecule has 0 fully saturated rings. The van der Waals surface area contributed by atoms with Crippen molar-refractivity contribution in [1.82, 2.24) is 5.32 Å². The van der Waals surface area contributed by atoms with Gasteiger partial charge in [-0.3, -0.25) is 9.00 Å². The highest BCUT2D eigenvalue weighted by Gasteiger charge is 2.02. The Balaban J connectivity index is 3.32. The van der Waals surface area contributed by atoms with Gasteiger partial charge in [0.25, 0.3) is 0 Å². The number of carbonyl (C=O) groups excluding carboxylic acids is 1. The van der Waals surface area contributed by atoms with Gasteiger partial charge in [0.1, 0.15) is 5.75 Å². The number of carbonyl (C=O) groups is 1. The molecule has 1 atom stereocenters. The smallest absolute Gasteiger partial charge is 0.232 e. The van der Waals surface area contributed by atoms with Gasteiger partial charge in [-0.25, -0.2) is 0 Å². The summed E-state index contributed by atoms with van der Waals surface area (Å²) in [4.78, 5) is 11.0. The predicted molar refractivity (Wildman–Crippen MR) is 56.0 cm³/mol. The second-order valence-corrected chi connectivity index (χ2v) is 5.04. The molecular formula is C9H19NO2S. The zero-order chi connectivity index (χ0) is 10.3. The monoisotopic (exact) mass is 205 g/mol. The Labute approximate surface area is 82.7 Å². The third kappa shape index (κ3) is 9.53. The van der Waals surface area contributed by atoms with Crippen molar-refractivity contribution >= 4 is 16.7 Å². The molecule has 0 spiro atoms. The fraction of sp³-hybridized carbons (Fsp3) is 0.889. The summed E-state index contributed by atoms with van der Waals surface area (Å²) in [6, 6.07) is 0. The molecule has 3 nitrogen and oxygen atoms in total. The third-order valence-electron chi connectivity index (χ3n) is 1.61. The van der Waals surface area contributed by atoms with Crippen LogP contribution in [0.2, 0.25) is 0 Å². The highest BCUT2D eigenvalue weighted by Crippen LogP contribution is 2.01.